The average molecular weight is 236 g/mol. The van der Waals surface area contributed by atoms with Crippen molar-refractivity contribution < 1.29 is 19.1 Å². The fourth-order valence-electron chi connectivity index (χ4n) is 1.10. The molecule has 0 aliphatic carbocycles. The van der Waals surface area contributed by atoms with Crippen LogP contribution in [-0.2, 0) is 11.3 Å². The number of carboxylic acids is 1. The van der Waals surface area contributed by atoms with Crippen LogP contribution in [0.15, 0.2) is 23.0 Å². The van der Waals surface area contributed by atoms with Gasteiger partial charge in [0.25, 0.3) is 0 Å². The van der Waals surface area contributed by atoms with Crippen LogP contribution >= 0.6 is 0 Å². The normalized spacial score (nSPS) is 11.2. The Morgan fingerprint density at radius 1 is 1.59 bits per heavy atom. The van der Waals surface area contributed by atoms with Crippen molar-refractivity contribution in [2.45, 2.75) is 19.0 Å². The predicted molar refractivity (Wildman–Crippen MR) is 59.0 cm³/mol. The van der Waals surface area contributed by atoms with Crippen LogP contribution in [0.25, 0.3) is 0 Å². The van der Waals surface area contributed by atoms with Crippen molar-refractivity contribution in [2.24, 2.45) is 0 Å². The molecule has 0 bridgehead atoms. The first-order chi connectivity index (χ1) is 8.13. The monoisotopic (exact) mass is 236 g/mol. The van der Waals surface area contributed by atoms with Crippen molar-refractivity contribution in [1.82, 2.24) is 10.6 Å². The number of carbonyl (C=O) groups is 2. The Balaban J connectivity index is 2.37. The second-order valence-corrected chi connectivity index (χ2v) is 3.26. The third-order valence-electron chi connectivity index (χ3n) is 1.96. The lowest BCUT2D eigenvalue weighted by molar-refractivity contribution is -0.139. The van der Waals surface area contributed by atoms with Gasteiger partial charge in [-0.2, -0.15) is 0 Å². The summed E-state index contributed by atoms with van der Waals surface area (Å²) in [4.78, 5) is 22.0. The third-order valence-corrected chi connectivity index (χ3v) is 1.96. The van der Waals surface area contributed by atoms with E-state index in [1.54, 1.807) is 6.07 Å². The van der Waals surface area contributed by atoms with E-state index in [0.29, 0.717) is 0 Å². The molecule has 2 amide bonds. The molecule has 0 radical (unpaired) electrons. The molecule has 1 aromatic rings. The maximum atomic E-state index is 11.3. The van der Waals surface area contributed by atoms with Gasteiger partial charge in [-0.25, -0.2) is 9.59 Å². The molecule has 0 saturated carbocycles. The van der Waals surface area contributed by atoms with Crippen LogP contribution in [0.3, 0.4) is 0 Å². The smallest absolute Gasteiger partial charge is 0.327 e. The molecule has 90 valence electrons. The Hall–Kier alpha value is -2.42. The molecule has 1 unspecified atom stereocenters. The molecule has 0 aromatic carbocycles. The van der Waals surface area contributed by atoms with Gasteiger partial charge in [-0.05, 0) is 6.07 Å². The fraction of sp³-hybridized carbons (Fsp3) is 0.273. The first-order valence-corrected chi connectivity index (χ1v) is 4.85. The zero-order valence-corrected chi connectivity index (χ0v) is 8.97. The third kappa shape index (κ3) is 4.30. The molecule has 6 nitrogen and oxygen atoms in total. The number of carboxylic acid groups (broad SMARTS) is 1. The zero-order chi connectivity index (χ0) is 12.7. The molecular weight excluding hydrogens is 224 g/mol. The van der Waals surface area contributed by atoms with Gasteiger partial charge >= 0.3 is 12.0 Å². The van der Waals surface area contributed by atoms with E-state index < -0.39 is 18.0 Å². The van der Waals surface area contributed by atoms with Crippen molar-refractivity contribution in [1.29, 1.82) is 0 Å². The number of amides is 2. The lowest BCUT2D eigenvalue weighted by Crippen LogP contribution is -2.45. The number of furan rings is 1. The highest BCUT2D eigenvalue weighted by Crippen LogP contribution is 1.98. The van der Waals surface area contributed by atoms with Gasteiger partial charge in [0.15, 0.2) is 0 Å². The topological polar surface area (TPSA) is 91.6 Å². The van der Waals surface area contributed by atoms with Crippen molar-refractivity contribution in [3.05, 3.63) is 24.2 Å². The molecule has 0 saturated heterocycles. The van der Waals surface area contributed by atoms with Crippen LogP contribution < -0.4 is 10.6 Å². The summed E-state index contributed by atoms with van der Waals surface area (Å²) in [6, 6.07) is 0.0225. The summed E-state index contributed by atoms with van der Waals surface area (Å²) in [7, 11) is 0. The van der Waals surface area contributed by atoms with Gasteiger partial charge in [0.05, 0.1) is 12.5 Å². The lowest BCUT2D eigenvalue weighted by Gasteiger charge is -2.12. The number of rotatable bonds is 5. The summed E-state index contributed by atoms with van der Waals surface area (Å²) < 4.78 is 4.81. The Kier molecular flexibility index (Phi) is 4.63. The first kappa shape index (κ1) is 12.6. The second-order valence-electron chi connectivity index (χ2n) is 3.26. The molecule has 3 N–H and O–H groups in total. The van der Waals surface area contributed by atoms with Gasteiger partial charge in [0.1, 0.15) is 6.04 Å². The number of urea groups is 1. The SMILES string of the molecule is C#CCC(NC(=O)NCc1ccoc1)C(=O)O. The van der Waals surface area contributed by atoms with E-state index >= 15 is 0 Å². The second kappa shape index (κ2) is 6.23. The highest BCUT2D eigenvalue weighted by atomic mass is 16.4. The Morgan fingerprint density at radius 2 is 2.35 bits per heavy atom. The number of terminal acetylenes is 1. The molecule has 0 aliphatic rings. The summed E-state index contributed by atoms with van der Waals surface area (Å²) in [5.74, 6) is 1.02. The van der Waals surface area contributed by atoms with Gasteiger partial charge in [-0.3, -0.25) is 0 Å². The minimum absolute atomic E-state index is 0.0610. The van der Waals surface area contributed by atoms with Gasteiger partial charge in [-0.1, -0.05) is 0 Å². The maximum Gasteiger partial charge on any atom is 0.327 e. The van der Waals surface area contributed by atoms with Gasteiger partial charge in [0.2, 0.25) is 0 Å². The van der Waals surface area contributed by atoms with Crippen LogP contribution in [0.2, 0.25) is 0 Å². The fourth-order valence-corrected chi connectivity index (χ4v) is 1.10. The Morgan fingerprint density at radius 3 is 2.88 bits per heavy atom. The van der Waals surface area contributed by atoms with Crippen LogP contribution in [-0.4, -0.2) is 23.1 Å². The largest absolute Gasteiger partial charge is 0.480 e. The van der Waals surface area contributed by atoms with E-state index in [2.05, 4.69) is 16.6 Å². The van der Waals surface area contributed by atoms with E-state index in [4.69, 9.17) is 15.9 Å². The molecule has 0 spiro atoms. The highest BCUT2D eigenvalue weighted by molar-refractivity contribution is 5.82. The zero-order valence-electron chi connectivity index (χ0n) is 8.97. The Bertz CT molecular complexity index is 419. The molecule has 0 aliphatic heterocycles. The maximum absolute atomic E-state index is 11.3. The number of aliphatic carboxylic acids is 1. The molecule has 1 atom stereocenters. The van der Waals surface area contributed by atoms with Crippen molar-refractivity contribution >= 4 is 12.0 Å². The molecule has 1 heterocycles. The van der Waals surface area contributed by atoms with Crippen molar-refractivity contribution in [2.75, 3.05) is 0 Å². The molecular formula is C11H12N2O4. The molecule has 0 fully saturated rings. The Labute approximate surface area is 98.0 Å². The predicted octanol–water partition coefficient (Wildman–Crippen LogP) is 0.555. The summed E-state index contributed by atoms with van der Waals surface area (Å²) >= 11 is 0. The van der Waals surface area contributed by atoms with Crippen molar-refractivity contribution in [3.63, 3.8) is 0 Å². The van der Waals surface area contributed by atoms with Gasteiger partial charge in [0, 0.05) is 18.5 Å². The summed E-state index contributed by atoms with van der Waals surface area (Å²) in [5.41, 5.74) is 0.781. The van der Waals surface area contributed by atoms with E-state index in [9.17, 15) is 9.59 Å². The standard InChI is InChI=1S/C11H12N2O4/c1-2-3-9(10(14)15)13-11(16)12-6-8-4-5-17-7-8/h1,4-5,7,9H,3,6H2,(H,14,15)(H2,12,13,16). The average Bonchev–Trinajstić information content (AvgIpc) is 2.78. The minimum atomic E-state index is -1.17. The molecule has 1 aromatic heterocycles. The van der Waals surface area contributed by atoms with Gasteiger partial charge in [-0.15, -0.1) is 12.3 Å². The number of hydrogen-bond donors (Lipinski definition) is 3. The molecule has 6 heteroatoms. The number of carbonyl (C=O) groups excluding carboxylic acids is 1. The van der Waals surface area contributed by atoms with Crippen LogP contribution in [0.4, 0.5) is 4.79 Å². The van der Waals surface area contributed by atoms with Crippen LogP contribution in [0.5, 0.6) is 0 Å². The minimum Gasteiger partial charge on any atom is -0.480 e. The molecule has 1 rings (SSSR count). The first-order valence-electron chi connectivity index (χ1n) is 4.85. The van der Waals surface area contributed by atoms with Crippen molar-refractivity contribution in [3.8, 4) is 12.3 Å². The summed E-state index contributed by atoms with van der Waals surface area (Å²) in [6.45, 7) is 0.255. The highest BCUT2D eigenvalue weighted by Gasteiger charge is 2.18. The van der Waals surface area contributed by atoms with Gasteiger partial charge < -0.3 is 20.2 Å². The number of hydrogen-bond acceptors (Lipinski definition) is 3. The summed E-state index contributed by atoms with van der Waals surface area (Å²) in [5, 5.41) is 13.5. The van der Waals surface area contributed by atoms with E-state index in [0.717, 1.165) is 5.56 Å². The summed E-state index contributed by atoms with van der Waals surface area (Å²) in [6.07, 6.45) is 7.90. The number of nitrogens with one attached hydrogen (secondary N) is 2. The van der Waals surface area contributed by atoms with Crippen LogP contribution in [0, 0.1) is 12.3 Å². The van der Waals surface area contributed by atoms with E-state index in [1.165, 1.54) is 12.5 Å². The lowest BCUT2D eigenvalue weighted by atomic mass is 10.2. The van der Waals surface area contributed by atoms with E-state index in [-0.39, 0.29) is 13.0 Å². The van der Waals surface area contributed by atoms with Crippen LogP contribution in [0.1, 0.15) is 12.0 Å². The molecule has 17 heavy (non-hydrogen) atoms. The van der Waals surface area contributed by atoms with E-state index in [1.807, 2.05) is 0 Å². The quantitative estimate of drug-likeness (QED) is 0.651.